The van der Waals surface area contributed by atoms with Crippen molar-refractivity contribution in [2.45, 2.75) is 6.42 Å². The highest BCUT2D eigenvalue weighted by Gasteiger charge is 2.10. The largest absolute Gasteiger partial charge is 0.433 e. The second-order valence-corrected chi connectivity index (χ2v) is 4.53. The SMILES string of the molecule is Nc1nnc(CC(=O)N/N=C/c2ccc([N+](=O)[O-])o2)s1. The summed E-state index contributed by atoms with van der Waals surface area (Å²) >= 11 is 1.10. The minimum absolute atomic E-state index is 0.00942. The fraction of sp³-hybridized carbons (Fsp3) is 0.111. The molecule has 0 unspecified atom stereocenters. The van der Waals surface area contributed by atoms with Gasteiger partial charge in [0, 0.05) is 0 Å². The van der Waals surface area contributed by atoms with Crippen LogP contribution in [0.5, 0.6) is 0 Å². The van der Waals surface area contributed by atoms with Gasteiger partial charge in [0.2, 0.25) is 11.0 Å². The van der Waals surface area contributed by atoms with Gasteiger partial charge in [-0.25, -0.2) is 5.43 Å². The van der Waals surface area contributed by atoms with Crippen LogP contribution < -0.4 is 11.2 Å². The first-order valence-electron chi connectivity index (χ1n) is 5.18. The van der Waals surface area contributed by atoms with Gasteiger partial charge in [0.1, 0.15) is 9.93 Å². The molecule has 0 aliphatic carbocycles. The highest BCUT2D eigenvalue weighted by molar-refractivity contribution is 7.15. The lowest BCUT2D eigenvalue weighted by molar-refractivity contribution is -0.402. The second-order valence-electron chi connectivity index (χ2n) is 3.44. The highest BCUT2D eigenvalue weighted by atomic mass is 32.1. The van der Waals surface area contributed by atoms with Gasteiger partial charge < -0.3 is 10.2 Å². The van der Waals surface area contributed by atoms with Gasteiger partial charge in [0.05, 0.1) is 18.7 Å². The summed E-state index contributed by atoms with van der Waals surface area (Å²) in [6.45, 7) is 0. The number of nitrogen functional groups attached to an aromatic ring is 1. The number of hydrogen-bond acceptors (Lipinski definition) is 9. The number of nitrogens with one attached hydrogen (secondary N) is 1. The van der Waals surface area contributed by atoms with Crippen molar-refractivity contribution in [2.75, 3.05) is 5.73 Å². The number of carbonyl (C=O) groups is 1. The first kappa shape index (κ1) is 13.6. The Bertz CT molecular complexity index is 663. The summed E-state index contributed by atoms with van der Waals surface area (Å²) < 4.78 is 4.81. The van der Waals surface area contributed by atoms with Gasteiger partial charge in [0.15, 0.2) is 5.76 Å². The molecule has 3 N–H and O–H groups in total. The standard InChI is InChI=1S/C9H8N6O4S/c10-9-14-13-7(20-9)3-6(16)12-11-4-5-1-2-8(19-5)15(17)18/h1-2,4H,3H2,(H2,10,14)(H,12,16)/b11-4+. The smallest absolute Gasteiger partial charge is 0.400 e. The van der Waals surface area contributed by atoms with E-state index in [2.05, 4.69) is 20.7 Å². The van der Waals surface area contributed by atoms with E-state index in [1.807, 2.05) is 0 Å². The molecule has 10 nitrogen and oxygen atoms in total. The van der Waals surface area contributed by atoms with Gasteiger partial charge >= 0.3 is 5.88 Å². The van der Waals surface area contributed by atoms with Crippen LogP contribution in [-0.4, -0.2) is 27.2 Å². The zero-order valence-electron chi connectivity index (χ0n) is 9.85. The number of hydrazone groups is 1. The van der Waals surface area contributed by atoms with E-state index in [1.165, 1.54) is 12.1 Å². The molecule has 1 amide bonds. The predicted molar refractivity (Wildman–Crippen MR) is 69.1 cm³/mol. The molecule has 0 saturated carbocycles. The van der Waals surface area contributed by atoms with E-state index in [1.54, 1.807) is 0 Å². The fourth-order valence-electron chi connectivity index (χ4n) is 1.19. The van der Waals surface area contributed by atoms with Gasteiger partial charge in [-0.2, -0.15) is 5.10 Å². The molecule has 2 aromatic rings. The number of rotatable bonds is 5. The van der Waals surface area contributed by atoms with Crippen molar-refractivity contribution < 1.29 is 14.1 Å². The average molecular weight is 296 g/mol. The van der Waals surface area contributed by atoms with Crippen LogP contribution in [0, 0.1) is 10.1 Å². The number of aromatic nitrogens is 2. The molecule has 11 heteroatoms. The molecule has 0 saturated heterocycles. The van der Waals surface area contributed by atoms with E-state index >= 15 is 0 Å². The average Bonchev–Trinajstić information content (AvgIpc) is 2.99. The highest BCUT2D eigenvalue weighted by Crippen LogP contribution is 2.13. The van der Waals surface area contributed by atoms with E-state index in [0.29, 0.717) is 5.01 Å². The third kappa shape index (κ3) is 3.58. The molecule has 2 rings (SSSR count). The van der Waals surface area contributed by atoms with E-state index in [9.17, 15) is 14.9 Å². The maximum Gasteiger partial charge on any atom is 0.433 e. The van der Waals surface area contributed by atoms with Gasteiger partial charge in [-0.1, -0.05) is 11.3 Å². The lowest BCUT2D eigenvalue weighted by Gasteiger charge is -1.94. The molecular formula is C9H8N6O4S. The van der Waals surface area contributed by atoms with Crippen LogP contribution in [0.2, 0.25) is 0 Å². The quantitative estimate of drug-likeness (QED) is 0.458. The molecule has 0 bridgehead atoms. The summed E-state index contributed by atoms with van der Waals surface area (Å²) in [5.41, 5.74) is 7.60. The lowest BCUT2D eigenvalue weighted by Crippen LogP contribution is -2.19. The maximum absolute atomic E-state index is 11.5. The zero-order valence-corrected chi connectivity index (χ0v) is 10.7. The van der Waals surface area contributed by atoms with Crippen molar-refractivity contribution >= 4 is 34.5 Å². The van der Waals surface area contributed by atoms with Crippen LogP contribution in [0.25, 0.3) is 0 Å². The van der Waals surface area contributed by atoms with Crippen molar-refractivity contribution in [1.29, 1.82) is 0 Å². The van der Waals surface area contributed by atoms with Gasteiger partial charge in [-0.3, -0.25) is 14.9 Å². The van der Waals surface area contributed by atoms with Gasteiger partial charge in [-0.15, -0.1) is 10.2 Å². The third-order valence-corrected chi connectivity index (χ3v) is 2.72. The maximum atomic E-state index is 11.5. The number of nitrogens with zero attached hydrogens (tertiary/aromatic N) is 4. The summed E-state index contributed by atoms with van der Waals surface area (Å²) in [6.07, 6.45) is 1.14. The molecule has 2 heterocycles. The molecular weight excluding hydrogens is 288 g/mol. The number of hydrogen-bond donors (Lipinski definition) is 2. The molecule has 0 fully saturated rings. The summed E-state index contributed by atoms with van der Waals surface area (Å²) in [6, 6.07) is 2.55. The molecule has 0 atom stereocenters. The summed E-state index contributed by atoms with van der Waals surface area (Å²) in [5, 5.41) is 22.0. The Morgan fingerprint density at radius 1 is 1.60 bits per heavy atom. The Morgan fingerprint density at radius 3 is 3.00 bits per heavy atom. The van der Waals surface area contributed by atoms with Crippen LogP contribution >= 0.6 is 11.3 Å². The third-order valence-electron chi connectivity index (χ3n) is 1.97. The number of nitro groups is 1. The molecule has 20 heavy (non-hydrogen) atoms. The lowest BCUT2D eigenvalue weighted by atomic mass is 10.4. The monoisotopic (exact) mass is 296 g/mol. The van der Waals surface area contributed by atoms with Crippen LogP contribution in [0.1, 0.15) is 10.8 Å². The van der Waals surface area contributed by atoms with Gasteiger partial charge in [-0.05, 0) is 6.07 Å². The van der Waals surface area contributed by atoms with Crippen LogP contribution in [-0.2, 0) is 11.2 Å². The normalized spacial score (nSPS) is 10.8. The Kier molecular flexibility index (Phi) is 4.00. The Morgan fingerprint density at radius 2 is 2.40 bits per heavy atom. The number of furan rings is 1. The first-order valence-corrected chi connectivity index (χ1v) is 6.00. The second kappa shape index (κ2) is 5.88. The zero-order chi connectivity index (χ0) is 14.5. The predicted octanol–water partition coefficient (Wildman–Crippen LogP) is 0.314. The minimum atomic E-state index is -0.671. The molecule has 0 aliphatic rings. The van der Waals surface area contributed by atoms with Crippen LogP contribution in [0.15, 0.2) is 21.7 Å². The number of anilines is 1. The molecule has 0 spiro atoms. The molecule has 2 aromatic heterocycles. The Hall–Kier alpha value is -2.82. The van der Waals surface area contributed by atoms with Crippen LogP contribution in [0.3, 0.4) is 0 Å². The number of amides is 1. The van der Waals surface area contributed by atoms with E-state index < -0.39 is 16.7 Å². The van der Waals surface area contributed by atoms with E-state index in [0.717, 1.165) is 17.6 Å². The van der Waals surface area contributed by atoms with Crippen molar-refractivity contribution in [1.82, 2.24) is 15.6 Å². The molecule has 0 aromatic carbocycles. The molecule has 104 valence electrons. The van der Waals surface area contributed by atoms with Crippen molar-refractivity contribution in [3.05, 3.63) is 33.0 Å². The Labute approximate surface area is 115 Å². The van der Waals surface area contributed by atoms with Crippen molar-refractivity contribution in [3.63, 3.8) is 0 Å². The van der Waals surface area contributed by atoms with Crippen molar-refractivity contribution in [2.24, 2.45) is 5.10 Å². The van der Waals surface area contributed by atoms with E-state index in [-0.39, 0.29) is 17.3 Å². The molecule has 0 radical (unpaired) electrons. The van der Waals surface area contributed by atoms with Crippen LogP contribution in [0.4, 0.5) is 11.0 Å². The number of carbonyl (C=O) groups excluding carboxylic acids is 1. The summed E-state index contributed by atoms with van der Waals surface area (Å²) in [4.78, 5) is 21.2. The minimum Gasteiger partial charge on any atom is -0.400 e. The van der Waals surface area contributed by atoms with Gasteiger partial charge in [0.25, 0.3) is 0 Å². The summed E-state index contributed by atoms with van der Waals surface area (Å²) in [7, 11) is 0. The number of nitrogens with two attached hydrogens (primary N) is 1. The molecule has 0 aliphatic heterocycles. The Balaban J connectivity index is 1.86. The summed E-state index contributed by atoms with van der Waals surface area (Å²) in [5.74, 6) is -0.669. The fourth-order valence-corrected chi connectivity index (χ4v) is 1.80. The first-order chi connectivity index (χ1) is 9.54. The van der Waals surface area contributed by atoms with Crippen molar-refractivity contribution in [3.8, 4) is 0 Å². The topological polar surface area (TPSA) is 150 Å². The van der Waals surface area contributed by atoms with E-state index in [4.69, 9.17) is 10.2 Å².